The fraction of sp³-hybridized carbons (Fsp3) is 0.417. The molecule has 0 saturated heterocycles. The molecule has 0 aromatic heterocycles. The van der Waals surface area contributed by atoms with E-state index in [1.54, 1.807) is 0 Å². The Bertz CT molecular complexity index is 796. The normalized spacial score (nSPS) is 13.3. The maximum absolute atomic E-state index is 9.83. The minimum absolute atomic E-state index is 0.132. The van der Waals surface area contributed by atoms with Gasteiger partial charge in [0.1, 0.15) is 43.5 Å². The second-order valence-electron chi connectivity index (χ2n) is 7.48. The van der Waals surface area contributed by atoms with Crippen molar-refractivity contribution in [2.75, 3.05) is 32.3 Å². The number of aliphatic hydroxyl groups excluding tert-OH is 2. The summed E-state index contributed by atoms with van der Waals surface area (Å²) >= 11 is 5.58. The minimum atomic E-state index is -0.735. The molecule has 0 fully saturated rings. The van der Waals surface area contributed by atoms with Gasteiger partial charge < -0.3 is 24.4 Å². The van der Waals surface area contributed by atoms with Gasteiger partial charge in [0.25, 0.3) is 0 Å². The molecule has 0 bridgehead atoms. The summed E-state index contributed by atoms with van der Waals surface area (Å²) in [6.07, 6.45) is 3.68. The van der Waals surface area contributed by atoms with Crippen LogP contribution in [0.15, 0.2) is 48.5 Å². The number of halogens is 1. The van der Waals surface area contributed by atoms with Crippen LogP contribution in [0.3, 0.4) is 0 Å². The Morgan fingerprint density at radius 3 is 1.77 bits per heavy atom. The Kier molecular flexibility index (Phi) is 9.48. The number of ether oxygens (including phenoxy) is 3. The van der Waals surface area contributed by atoms with Gasteiger partial charge >= 0.3 is 0 Å². The van der Waals surface area contributed by atoms with E-state index in [1.165, 1.54) is 0 Å². The van der Waals surface area contributed by atoms with Crippen molar-refractivity contribution in [2.45, 2.75) is 31.5 Å². The number of terminal acetylenes is 1. The quantitative estimate of drug-likeness (QED) is 0.306. The third-order valence-corrected chi connectivity index (χ3v) is 5.07. The molecule has 0 aliphatic carbocycles. The first kappa shape index (κ1) is 24.0. The lowest BCUT2D eigenvalue weighted by molar-refractivity contribution is 0.0229. The minimum Gasteiger partial charge on any atom is -0.491 e. The molecule has 0 saturated carbocycles. The van der Waals surface area contributed by atoms with E-state index in [-0.39, 0.29) is 37.7 Å². The summed E-state index contributed by atoms with van der Waals surface area (Å²) in [5.41, 5.74) is 2.02. The Hall–Kier alpha value is -2.23. The van der Waals surface area contributed by atoms with Crippen molar-refractivity contribution in [2.24, 2.45) is 0 Å². The molecule has 6 heteroatoms. The summed E-state index contributed by atoms with van der Waals surface area (Å²) in [6.45, 7) is 4.89. The van der Waals surface area contributed by atoms with Crippen molar-refractivity contribution in [3.8, 4) is 23.8 Å². The lowest BCUT2D eigenvalue weighted by Crippen LogP contribution is -2.23. The van der Waals surface area contributed by atoms with Crippen LogP contribution < -0.4 is 9.47 Å². The average molecular weight is 433 g/mol. The van der Waals surface area contributed by atoms with Gasteiger partial charge in [0, 0.05) is 5.41 Å². The number of alkyl halides is 1. The van der Waals surface area contributed by atoms with Crippen LogP contribution in [0, 0.1) is 12.3 Å². The van der Waals surface area contributed by atoms with Gasteiger partial charge in [-0.1, -0.05) is 44.0 Å². The maximum atomic E-state index is 9.83. The summed E-state index contributed by atoms with van der Waals surface area (Å²) in [6, 6.07) is 15.6. The number of rotatable bonds is 12. The van der Waals surface area contributed by atoms with Gasteiger partial charge in [0.05, 0.1) is 12.5 Å². The summed E-state index contributed by atoms with van der Waals surface area (Å²) in [5, 5.41) is 19.3. The van der Waals surface area contributed by atoms with Crippen LogP contribution in [-0.2, 0) is 10.2 Å². The Morgan fingerprint density at radius 1 is 0.867 bits per heavy atom. The average Bonchev–Trinajstić information content (AvgIpc) is 2.76. The molecule has 0 unspecified atom stereocenters. The number of hydrogen-bond donors (Lipinski definition) is 2. The van der Waals surface area contributed by atoms with Crippen LogP contribution in [0.2, 0.25) is 0 Å². The highest BCUT2D eigenvalue weighted by Crippen LogP contribution is 2.33. The molecule has 2 rings (SSSR count). The molecule has 0 spiro atoms. The molecule has 5 nitrogen and oxygen atoms in total. The number of benzene rings is 2. The molecule has 2 atom stereocenters. The molecular weight excluding hydrogens is 404 g/mol. The first-order valence-corrected chi connectivity index (χ1v) is 10.3. The topological polar surface area (TPSA) is 68.2 Å². The zero-order valence-corrected chi connectivity index (χ0v) is 18.1. The standard InChI is InChI=1S/C24H29ClO5/c1-4-13-28-15-21(27)17-30-23-11-7-19(8-12-23)24(2,3)18-5-9-22(10-6-18)29-16-20(26)14-25/h1,5-12,20-21,26-27H,13-17H2,2-3H3/t20-,21+/m1/s1. The zero-order valence-electron chi connectivity index (χ0n) is 17.4. The number of aliphatic hydroxyl groups is 2. The predicted molar refractivity (Wildman–Crippen MR) is 118 cm³/mol. The first-order valence-electron chi connectivity index (χ1n) is 9.76. The molecule has 0 radical (unpaired) electrons. The van der Waals surface area contributed by atoms with Crippen LogP contribution in [0.5, 0.6) is 11.5 Å². The van der Waals surface area contributed by atoms with Crippen LogP contribution in [0.25, 0.3) is 0 Å². The Morgan fingerprint density at radius 2 is 1.33 bits per heavy atom. The number of hydrogen-bond acceptors (Lipinski definition) is 5. The maximum Gasteiger partial charge on any atom is 0.119 e. The van der Waals surface area contributed by atoms with Crippen LogP contribution in [0.4, 0.5) is 0 Å². The van der Waals surface area contributed by atoms with E-state index in [9.17, 15) is 10.2 Å². The highest BCUT2D eigenvalue weighted by molar-refractivity contribution is 6.18. The van der Waals surface area contributed by atoms with E-state index in [4.69, 9.17) is 32.2 Å². The summed E-state index contributed by atoms with van der Waals surface area (Å²) in [7, 11) is 0. The van der Waals surface area contributed by atoms with Crippen LogP contribution >= 0.6 is 11.6 Å². The molecule has 0 aliphatic heterocycles. The monoisotopic (exact) mass is 432 g/mol. The van der Waals surface area contributed by atoms with Gasteiger partial charge in [-0.25, -0.2) is 0 Å². The third kappa shape index (κ3) is 7.23. The molecule has 0 heterocycles. The molecule has 2 aromatic carbocycles. The van der Waals surface area contributed by atoms with Crippen molar-refractivity contribution in [3.63, 3.8) is 0 Å². The third-order valence-electron chi connectivity index (χ3n) is 4.71. The van der Waals surface area contributed by atoms with Crippen LogP contribution in [-0.4, -0.2) is 54.7 Å². The summed E-state index contributed by atoms with van der Waals surface area (Å²) in [4.78, 5) is 0. The van der Waals surface area contributed by atoms with Crippen molar-refractivity contribution < 1.29 is 24.4 Å². The van der Waals surface area contributed by atoms with E-state index >= 15 is 0 Å². The fourth-order valence-corrected chi connectivity index (χ4v) is 2.92. The molecule has 30 heavy (non-hydrogen) atoms. The van der Waals surface area contributed by atoms with Gasteiger partial charge in [0.2, 0.25) is 0 Å². The van der Waals surface area contributed by atoms with Gasteiger partial charge in [0.15, 0.2) is 0 Å². The smallest absolute Gasteiger partial charge is 0.119 e. The predicted octanol–water partition coefficient (Wildman–Crippen LogP) is 3.38. The fourth-order valence-electron chi connectivity index (χ4n) is 2.83. The molecule has 2 aromatic rings. The highest BCUT2D eigenvalue weighted by Gasteiger charge is 2.23. The van der Waals surface area contributed by atoms with Gasteiger partial charge in [-0.15, -0.1) is 18.0 Å². The Balaban J connectivity index is 1.95. The summed E-state index contributed by atoms with van der Waals surface area (Å²) < 4.78 is 16.2. The van der Waals surface area contributed by atoms with E-state index in [1.807, 2.05) is 48.5 Å². The van der Waals surface area contributed by atoms with Gasteiger partial charge in [-0.3, -0.25) is 0 Å². The summed E-state index contributed by atoms with van der Waals surface area (Å²) in [5.74, 6) is 3.85. The lowest BCUT2D eigenvalue weighted by atomic mass is 9.78. The molecule has 0 aliphatic rings. The van der Waals surface area contributed by atoms with Crippen LogP contribution in [0.1, 0.15) is 25.0 Å². The van der Waals surface area contributed by atoms with Crippen molar-refractivity contribution in [3.05, 3.63) is 59.7 Å². The second kappa shape index (κ2) is 11.8. The van der Waals surface area contributed by atoms with E-state index in [0.717, 1.165) is 11.1 Å². The zero-order chi connectivity index (χ0) is 22.0. The van der Waals surface area contributed by atoms with E-state index < -0.39 is 12.2 Å². The van der Waals surface area contributed by atoms with Crippen molar-refractivity contribution in [1.29, 1.82) is 0 Å². The van der Waals surface area contributed by atoms with E-state index in [0.29, 0.717) is 11.5 Å². The van der Waals surface area contributed by atoms with Crippen molar-refractivity contribution >= 4 is 11.6 Å². The van der Waals surface area contributed by atoms with Crippen molar-refractivity contribution in [1.82, 2.24) is 0 Å². The molecule has 162 valence electrons. The lowest BCUT2D eigenvalue weighted by Gasteiger charge is -2.26. The van der Waals surface area contributed by atoms with Gasteiger partial charge in [-0.05, 0) is 35.4 Å². The SMILES string of the molecule is C#CCOC[C@H](O)COc1ccc(C(C)(C)c2ccc(OC[C@H](O)CCl)cc2)cc1. The van der Waals surface area contributed by atoms with Gasteiger partial charge in [-0.2, -0.15) is 0 Å². The Labute approximate surface area is 183 Å². The largest absolute Gasteiger partial charge is 0.491 e. The molecule has 2 N–H and O–H groups in total. The molecular formula is C24H29ClO5. The second-order valence-corrected chi connectivity index (χ2v) is 7.79. The molecule has 0 amide bonds. The first-order chi connectivity index (χ1) is 14.4. The highest BCUT2D eigenvalue weighted by atomic mass is 35.5. The van der Waals surface area contributed by atoms with E-state index in [2.05, 4.69) is 19.8 Å².